The summed E-state index contributed by atoms with van der Waals surface area (Å²) < 4.78 is 10.7. The Kier molecular flexibility index (Phi) is 5.15. The summed E-state index contributed by atoms with van der Waals surface area (Å²) in [4.78, 5) is 31.0. The van der Waals surface area contributed by atoms with Gasteiger partial charge in [-0.05, 0) is 36.4 Å². The molecule has 2 heterocycles. The number of rotatable bonds is 3. The Labute approximate surface area is 170 Å². The quantitative estimate of drug-likeness (QED) is 0.824. The van der Waals surface area contributed by atoms with Crippen LogP contribution in [0.1, 0.15) is 6.42 Å². The molecule has 1 saturated heterocycles. The Hall–Kier alpha value is -2.71. The molecule has 0 spiro atoms. The zero-order valence-corrected chi connectivity index (χ0v) is 16.4. The number of ether oxygens (including phenoxy) is 2. The third kappa shape index (κ3) is 3.93. The zero-order valence-electron chi connectivity index (χ0n) is 14.8. The molecule has 9 heteroatoms. The highest BCUT2D eigenvalue weighted by atomic mass is 35.5. The number of hydrogen-bond acceptors (Lipinski definition) is 6. The van der Waals surface area contributed by atoms with Crippen LogP contribution in [0.4, 0.5) is 11.4 Å². The monoisotopic (exact) mass is 417 g/mol. The van der Waals surface area contributed by atoms with E-state index < -0.39 is 5.25 Å². The molecule has 4 rings (SSSR count). The van der Waals surface area contributed by atoms with Gasteiger partial charge in [0.05, 0.1) is 5.69 Å². The molecule has 7 nitrogen and oxygen atoms in total. The Morgan fingerprint density at radius 2 is 1.96 bits per heavy atom. The molecule has 2 amide bonds. The lowest BCUT2D eigenvalue weighted by atomic mass is 10.2. The standard InChI is InChI=1S/C19H16ClN3O4S/c1-23-17(24)9-16(18(25)21-12-4-2-11(20)3-5-12)28-19(23)22-13-6-7-14-15(8-13)27-10-26-14/h2-8,16H,9-10H2,1H3,(H,21,25)/t16-/m0/s1. The van der Waals surface area contributed by atoms with E-state index in [1.54, 1.807) is 49.5 Å². The number of anilines is 1. The maximum atomic E-state index is 12.6. The average molecular weight is 418 g/mol. The number of aliphatic imine (C=N–C) groups is 1. The van der Waals surface area contributed by atoms with Crippen molar-refractivity contribution in [1.82, 2.24) is 4.90 Å². The number of amidine groups is 1. The van der Waals surface area contributed by atoms with Crippen molar-refractivity contribution in [3.63, 3.8) is 0 Å². The van der Waals surface area contributed by atoms with Crippen LogP contribution in [-0.2, 0) is 9.59 Å². The Morgan fingerprint density at radius 3 is 2.75 bits per heavy atom. The molecule has 1 N–H and O–H groups in total. The number of fused-ring (bicyclic) bond motifs is 1. The minimum absolute atomic E-state index is 0.0980. The first kappa shape index (κ1) is 18.6. The van der Waals surface area contributed by atoms with Crippen LogP contribution in [0, 0.1) is 0 Å². The van der Waals surface area contributed by atoms with Crippen LogP contribution >= 0.6 is 23.4 Å². The van der Waals surface area contributed by atoms with Crippen molar-refractivity contribution < 1.29 is 19.1 Å². The fourth-order valence-electron chi connectivity index (χ4n) is 2.72. The van der Waals surface area contributed by atoms with Crippen molar-refractivity contribution in [2.75, 3.05) is 19.2 Å². The fraction of sp³-hybridized carbons (Fsp3) is 0.211. The van der Waals surface area contributed by atoms with Gasteiger partial charge < -0.3 is 14.8 Å². The summed E-state index contributed by atoms with van der Waals surface area (Å²) in [6.07, 6.45) is 0.0980. The van der Waals surface area contributed by atoms with Gasteiger partial charge in [-0.1, -0.05) is 23.4 Å². The van der Waals surface area contributed by atoms with Crippen molar-refractivity contribution in [3.05, 3.63) is 47.5 Å². The van der Waals surface area contributed by atoms with Gasteiger partial charge in [-0.3, -0.25) is 14.5 Å². The lowest BCUT2D eigenvalue weighted by Gasteiger charge is -2.28. The molecule has 0 unspecified atom stereocenters. The number of amides is 2. The summed E-state index contributed by atoms with van der Waals surface area (Å²) in [7, 11) is 1.65. The van der Waals surface area contributed by atoms with E-state index in [2.05, 4.69) is 10.3 Å². The number of nitrogens with zero attached hydrogens (tertiary/aromatic N) is 2. The third-order valence-electron chi connectivity index (χ3n) is 4.25. The summed E-state index contributed by atoms with van der Waals surface area (Å²) >= 11 is 7.11. The number of halogens is 1. The summed E-state index contributed by atoms with van der Waals surface area (Å²) in [5, 5.41) is 3.27. The van der Waals surface area contributed by atoms with E-state index in [1.807, 2.05) is 0 Å². The van der Waals surface area contributed by atoms with Crippen LogP contribution in [0.2, 0.25) is 5.02 Å². The molecule has 0 bridgehead atoms. The largest absolute Gasteiger partial charge is 0.454 e. The maximum absolute atomic E-state index is 12.6. The average Bonchev–Trinajstić information content (AvgIpc) is 3.15. The molecule has 2 aromatic rings. The second kappa shape index (κ2) is 7.73. The number of benzene rings is 2. The van der Waals surface area contributed by atoms with E-state index in [1.165, 1.54) is 16.7 Å². The second-order valence-electron chi connectivity index (χ2n) is 6.19. The van der Waals surface area contributed by atoms with Gasteiger partial charge in [0.2, 0.25) is 18.6 Å². The van der Waals surface area contributed by atoms with Gasteiger partial charge in [-0.2, -0.15) is 0 Å². The molecule has 0 aliphatic carbocycles. The lowest BCUT2D eigenvalue weighted by Crippen LogP contribution is -2.43. The number of carbonyl (C=O) groups is 2. The molecule has 1 fully saturated rings. The third-order valence-corrected chi connectivity index (χ3v) is 5.75. The van der Waals surface area contributed by atoms with Crippen LogP contribution in [0.25, 0.3) is 0 Å². The van der Waals surface area contributed by atoms with Crippen molar-refractivity contribution in [1.29, 1.82) is 0 Å². The molecule has 144 valence electrons. The van der Waals surface area contributed by atoms with E-state index >= 15 is 0 Å². The van der Waals surface area contributed by atoms with Crippen LogP contribution in [0.3, 0.4) is 0 Å². The van der Waals surface area contributed by atoms with Crippen molar-refractivity contribution in [2.45, 2.75) is 11.7 Å². The van der Waals surface area contributed by atoms with E-state index in [4.69, 9.17) is 21.1 Å². The van der Waals surface area contributed by atoms with Gasteiger partial charge in [-0.15, -0.1) is 0 Å². The Bertz CT molecular complexity index is 964. The minimum Gasteiger partial charge on any atom is -0.454 e. The van der Waals surface area contributed by atoms with Crippen LogP contribution in [0.5, 0.6) is 11.5 Å². The van der Waals surface area contributed by atoms with Gasteiger partial charge in [0.1, 0.15) is 5.25 Å². The molecule has 0 saturated carbocycles. The fourth-order valence-corrected chi connectivity index (χ4v) is 3.91. The first-order chi connectivity index (χ1) is 13.5. The van der Waals surface area contributed by atoms with Crippen LogP contribution < -0.4 is 14.8 Å². The molecular weight excluding hydrogens is 402 g/mol. The van der Waals surface area contributed by atoms with E-state index in [-0.39, 0.29) is 25.0 Å². The number of nitrogens with one attached hydrogen (secondary N) is 1. The molecule has 2 aliphatic rings. The smallest absolute Gasteiger partial charge is 0.238 e. The first-order valence-electron chi connectivity index (χ1n) is 8.47. The van der Waals surface area contributed by atoms with Crippen molar-refractivity contribution in [3.8, 4) is 11.5 Å². The normalized spacial score (nSPS) is 19.8. The maximum Gasteiger partial charge on any atom is 0.238 e. The number of hydrogen-bond donors (Lipinski definition) is 1. The molecule has 2 aromatic carbocycles. The molecule has 1 atom stereocenters. The molecular formula is C19H16ClN3O4S. The summed E-state index contributed by atoms with van der Waals surface area (Å²) in [5.41, 5.74) is 1.24. The van der Waals surface area contributed by atoms with Gasteiger partial charge in [0.25, 0.3) is 0 Å². The predicted octanol–water partition coefficient (Wildman–Crippen LogP) is 3.66. The van der Waals surface area contributed by atoms with Gasteiger partial charge >= 0.3 is 0 Å². The van der Waals surface area contributed by atoms with Crippen molar-refractivity contribution in [2.24, 2.45) is 4.99 Å². The highest BCUT2D eigenvalue weighted by Gasteiger charge is 2.34. The molecule has 2 aliphatic heterocycles. The Balaban J connectivity index is 1.52. The number of thioether (sulfide) groups is 1. The predicted molar refractivity (Wildman–Crippen MR) is 109 cm³/mol. The van der Waals surface area contributed by atoms with E-state index in [0.29, 0.717) is 33.1 Å². The minimum atomic E-state index is -0.577. The lowest BCUT2D eigenvalue weighted by molar-refractivity contribution is -0.128. The van der Waals surface area contributed by atoms with Gasteiger partial charge in [0.15, 0.2) is 16.7 Å². The molecule has 0 aromatic heterocycles. The topological polar surface area (TPSA) is 80.2 Å². The first-order valence-corrected chi connectivity index (χ1v) is 9.73. The summed E-state index contributed by atoms with van der Waals surface area (Å²) in [6.45, 7) is 0.176. The zero-order chi connectivity index (χ0) is 19.7. The summed E-state index contributed by atoms with van der Waals surface area (Å²) in [5.74, 6) is 0.834. The second-order valence-corrected chi connectivity index (χ2v) is 7.80. The SMILES string of the molecule is CN1C(=O)C[C@@H](C(=O)Nc2ccc(Cl)cc2)SC1=Nc1ccc2c(c1)OCO2. The highest BCUT2D eigenvalue weighted by Crippen LogP contribution is 2.36. The van der Waals surface area contributed by atoms with E-state index in [9.17, 15) is 9.59 Å². The van der Waals surface area contributed by atoms with Crippen LogP contribution in [-0.4, -0.2) is 41.0 Å². The number of carbonyl (C=O) groups excluding carboxylic acids is 2. The molecule has 0 radical (unpaired) electrons. The summed E-state index contributed by atoms with van der Waals surface area (Å²) in [6, 6.07) is 12.1. The Morgan fingerprint density at radius 1 is 1.21 bits per heavy atom. The van der Waals surface area contributed by atoms with Crippen molar-refractivity contribution >= 4 is 51.7 Å². The highest BCUT2D eigenvalue weighted by molar-refractivity contribution is 8.15. The van der Waals surface area contributed by atoms with Gasteiger partial charge in [-0.25, -0.2) is 4.99 Å². The molecule has 28 heavy (non-hydrogen) atoms. The van der Waals surface area contributed by atoms with Gasteiger partial charge in [0, 0.05) is 30.2 Å². The van der Waals surface area contributed by atoms with Crippen LogP contribution in [0.15, 0.2) is 47.5 Å². The van der Waals surface area contributed by atoms with E-state index in [0.717, 1.165) is 0 Å².